The van der Waals surface area contributed by atoms with Gasteiger partial charge >= 0.3 is 5.97 Å². The van der Waals surface area contributed by atoms with Gasteiger partial charge in [0, 0.05) is 6.20 Å². The Balaban J connectivity index is 1.96. The Morgan fingerprint density at radius 1 is 1.24 bits per heavy atom. The van der Waals surface area contributed by atoms with E-state index >= 15 is 0 Å². The molecule has 1 atom stereocenters. The molecule has 0 bridgehead atoms. The summed E-state index contributed by atoms with van der Waals surface area (Å²) in [6.07, 6.45) is 0.312. The Bertz CT molecular complexity index is 766. The van der Waals surface area contributed by atoms with Gasteiger partial charge in [-0.25, -0.2) is 9.78 Å². The summed E-state index contributed by atoms with van der Waals surface area (Å²) in [4.78, 5) is 28.1. The van der Waals surface area contributed by atoms with Crippen molar-refractivity contribution in [2.45, 2.75) is 20.0 Å². The van der Waals surface area contributed by atoms with Gasteiger partial charge in [0.25, 0.3) is 5.91 Å². The molecule has 1 unspecified atom stereocenters. The van der Waals surface area contributed by atoms with Crippen LogP contribution in [0.1, 0.15) is 24.2 Å². The summed E-state index contributed by atoms with van der Waals surface area (Å²) in [5.74, 6) is -0.398. The van der Waals surface area contributed by atoms with E-state index in [4.69, 9.17) is 32.7 Å². The lowest BCUT2D eigenvalue weighted by molar-refractivity contribution is -0.123. The zero-order valence-corrected chi connectivity index (χ0v) is 15.1. The van der Waals surface area contributed by atoms with E-state index in [1.807, 2.05) is 6.92 Å². The van der Waals surface area contributed by atoms with E-state index in [0.717, 1.165) is 0 Å². The van der Waals surface area contributed by atoms with E-state index in [-0.39, 0.29) is 10.8 Å². The molecule has 8 heteroatoms. The van der Waals surface area contributed by atoms with Gasteiger partial charge in [0.15, 0.2) is 11.9 Å². The minimum Gasteiger partial charge on any atom is -0.494 e. The van der Waals surface area contributed by atoms with Crippen molar-refractivity contribution in [2.75, 3.05) is 11.9 Å². The SMILES string of the molecule is CCOc1ccc(C(=O)OC(C)C(=O)Nc2ncc(Cl)cc2Cl)cc1. The van der Waals surface area contributed by atoms with Crippen LogP contribution in [0.3, 0.4) is 0 Å². The van der Waals surface area contributed by atoms with Crippen molar-refractivity contribution < 1.29 is 19.1 Å². The topological polar surface area (TPSA) is 77.5 Å². The number of nitrogens with zero attached hydrogens (tertiary/aromatic N) is 1. The number of esters is 1. The first-order chi connectivity index (χ1) is 11.9. The molecule has 2 rings (SSSR count). The molecule has 1 N–H and O–H groups in total. The summed E-state index contributed by atoms with van der Waals surface area (Å²) in [5, 5.41) is 3.01. The summed E-state index contributed by atoms with van der Waals surface area (Å²) >= 11 is 11.7. The second-order valence-electron chi connectivity index (χ2n) is 4.98. The summed E-state index contributed by atoms with van der Waals surface area (Å²) in [6.45, 7) is 3.85. The number of hydrogen-bond acceptors (Lipinski definition) is 5. The summed E-state index contributed by atoms with van der Waals surface area (Å²) < 4.78 is 10.4. The maximum absolute atomic E-state index is 12.1. The Morgan fingerprint density at radius 2 is 1.92 bits per heavy atom. The van der Waals surface area contributed by atoms with Crippen molar-refractivity contribution in [3.05, 3.63) is 52.1 Å². The minimum atomic E-state index is -1.03. The minimum absolute atomic E-state index is 0.139. The number of pyridine rings is 1. The van der Waals surface area contributed by atoms with Crippen LogP contribution in [-0.4, -0.2) is 29.6 Å². The molecule has 0 radical (unpaired) electrons. The third-order valence-electron chi connectivity index (χ3n) is 3.10. The zero-order valence-electron chi connectivity index (χ0n) is 13.6. The van der Waals surface area contributed by atoms with Crippen LogP contribution < -0.4 is 10.1 Å². The second-order valence-corrected chi connectivity index (χ2v) is 5.82. The molecule has 25 heavy (non-hydrogen) atoms. The largest absolute Gasteiger partial charge is 0.494 e. The van der Waals surface area contributed by atoms with Gasteiger partial charge in [-0.05, 0) is 44.2 Å². The molecular formula is C17H16Cl2N2O4. The molecule has 0 aliphatic rings. The van der Waals surface area contributed by atoms with Crippen LogP contribution in [0.2, 0.25) is 10.0 Å². The highest BCUT2D eigenvalue weighted by Crippen LogP contribution is 2.22. The highest BCUT2D eigenvalue weighted by molar-refractivity contribution is 6.36. The van der Waals surface area contributed by atoms with Gasteiger partial charge in [-0.2, -0.15) is 0 Å². The quantitative estimate of drug-likeness (QED) is 0.764. The number of ether oxygens (including phenoxy) is 2. The van der Waals surface area contributed by atoms with Gasteiger partial charge in [0.2, 0.25) is 0 Å². The molecule has 1 heterocycles. The van der Waals surface area contributed by atoms with Gasteiger partial charge in [-0.15, -0.1) is 0 Å². The third-order valence-corrected chi connectivity index (χ3v) is 3.60. The Hall–Kier alpha value is -2.31. The molecular weight excluding hydrogens is 367 g/mol. The van der Waals surface area contributed by atoms with E-state index in [0.29, 0.717) is 22.9 Å². The predicted octanol–water partition coefficient (Wildman–Crippen LogP) is 3.97. The van der Waals surface area contributed by atoms with Crippen LogP contribution in [0, 0.1) is 0 Å². The molecule has 0 aliphatic heterocycles. The monoisotopic (exact) mass is 382 g/mol. The molecule has 0 fully saturated rings. The van der Waals surface area contributed by atoms with Crippen LogP contribution in [-0.2, 0) is 9.53 Å². The number of benzene rings is 1. The highest BCUT2D eigenvalue weighted by Gasteiger charge is 2.20. The van der Waals surface area contributed by atoms with E-state index in [1.165, 1.54) is 19.2 Å². The third kappa shape index (κ3) is 5.34. The van der Waals surface area contributed by atoms with Crippen molar-refractivity contribution in [2.24, 2.45) is 0 Å². The number of carbonyl (C=O) groups excluding carboxylic acids is 2. The second kappa shape index (κ2) is 8.69. The molecule has 1 aromatic carbocycles. The fourth-order valence-electron chi connectivity index (χ4n) is 1.86. The average Bonchev–Trinajstić information content (AvgIpc) is 2.58. The lowest BCUT2D eigenvalue weighted by atomic mass is 10.2. The number of carbonyl (C=O) groups is 2. The van der Waals surface area contributed by atoms with Crippen LogP contribution in [0.15, 0.2) is 36.5 Å². The molecule has 0 saturated heterocycles. The normalized spacial score (nSPS) is 11.5. The maximum atomic E-state index is 12.1. The van der Waals surface area contributed by atoms with Gasteiger partial charge in [-0.3, -0.25) is 4.79 Å². The first-order valence-electron chi connectivity index (χ1n) is 7.46. The highest BCUT2D eigenvalue weighted by atomic mass is 35.5. The number of aromatic nitrogens is 1. The van der Waals surface area contributed by atoms with Gasteiger partial charge in [0.05, 0.1) is 22.2 Å². The number of amides is 1. The van der Waals surface area contributed by atoms with Crippen LogP contribution in [0.4, 0.5) is 5.82 Å². The number of nitrogens with one attached hydrogen (secondary N) is 1. The Morgan fingerprint density at radius 3 is 2.52 bits per heavy atom. The molecule has 132 valence electrons. The Kier molecular flexibility index (Phi) is 6.61. The molecule has 1 amide bonds. The molecule has 1 aromatic heterocycles. The molecule has 0 spiro atoms. The molecule has 0 aliphatic carbocycles. The van der Waals surface area contributed by atoms with Crippen molar-refractivity contribution in [3.63, 3.8) is 0 Å². The van der Waals surface area contributed by atoms with Crippen molar-refractivity contribution >= 4 is 40.9 Å². The van der Waals surface area contributed by atoms with Crippen LogP contribution >= 0.6 is 23.2 Å². The number of rotatable bonds is 6. The first-order valence-corrected chi connectivity index (χ1v) is 8.22. The van der Waals surface area contributed by atoms with Crippen molar-refractivity contribution in [1.82, 2.24) is 4.98 Å². The fraction of sp³-hybridized carbons (Fsp3) is 0.235. The molecule has 0 saturated carbocycles. The van der Waals surface area contributed by atoms with Crippen LogP contribution in [0.5, 0.6) is 5.75 Å². The van der Waals surface area contributed by atoms with Crippen molar-refractivity contribution in [3.8, 4) is 5.75 Å². The average molecular weight is 383 g/mol. The number of anilines is 1. The first kappa shape index (κ1) is 19.0. The maximum Gasteiger partial charge on any atom is 0.338 e. The standard InChI is InChI=1S/C17H16Cl2N2O4/c1-3-24-13-6-4-11(5-7-13)17(23)25-10(2)16(22)21-15-14(19)8-12(18)9-20-15/h4-10H,3H2,1-2H3,(H,20,21,22). The fourth-order valence-corrected chi connectivity index (χ4v) is 2.29. The number of hydrogen-bond donors (Lipinski definition) is 1. The summed E-state index contributed by atoms with van der Waals surface area (Å²) in [6, 6.07) is 7.89. The Labute approximate surface area is 155 Å². The smallest absolute Gasteiger partial charge is 0.338 e. The van der Waals surface area contributed by atoms with E-state index in [9.17, 15) is 9.59 Å². The summed E-state index contributed by atoms with van der Waals surface area (Å²) in [5.41, 5.74) is 0.311. The molecule has 2 aromatic rings. The molecule has 6 nitrogen and oxygen atoms in total. The predicted molar refractivity (Wildman–Crippen MR) is 95.4 cm³/mol. The lowest BCUT2D eigenvalue weighted by Gasteiger charge is -2.14. The van der Waals surface area contributed by atoms with E-state index in [2.05, 4.69) is 10.3 Å². The summed E-state index contributed by atoms with van der Waals surface area (Å²) in [7, 11) is 0. The van der Waals surface area contributed by atoms with Crippen LogP contribution in [0.25, 0.3) is 0 Å². The van der Waals surface area contributed by atoms with Gasteiger partial charge in [0.1, 0.15) is 5.75 Å². The van der Waals surface area contributed by atoms with E-state index in [1.54, 1.807) is 24.3 Å². The number of halogens is 2. The van der Waals surface area contributed by atoms with E-state index < -0.39 is 18.0 Å². The zero-order chi connectivity index (χ0) is 18.4. The van der Waals surface area contributed by atoms with Gasteiger partial charge < -0.3 is 14.8 Å². The van der Waals surface area contributed by atoms with Gasteiger partial charge in [-0.1, -0.05) is 23.2 Å². The van der Waals surface area contributed by atoms with Crippen molar-refractivity contribution in [1.29, 1.82) is 0 Å². The lowest BCUT2D eigenvalue weighted by Crippen LogP contribution is -2.30.